The van der Waals surface area contributed by atoms with Crippen LogP contribution in [0, 0.1) is 0 Å². The summed E-state index contributed by atoms with van der Waals surface area (Å²) in [6.45, 7) is 0. The molecule has 0 aliphatic rings. The number of nitrogens with zero attached hydrogens (tertiary/aromatic N) is 1. The van der Waals surface area contributed by atoms with E-state index in [0.29, 0.717) is 5.56 Å². The summed E-state index contributed by atoms with van der Waals surface area (Å²) in [5, 5.41) is 18.8. The van der Waals surface area contributed by atoms with Crippen molar-refractivity contribution in [3.63, 3.8) is 0 Å². The van der Waals surface area contributed by atoms with Gasteiger partial charge in [0.15, 0.2) is 6.10 Å². The predicted octanol–water partition coefficient (Wildman–Crippen LogP) is 1.77. The standard InChI is InChI=1S/C11H9NO3.ClH/c13-10(11(14)15)8-5-7-3-1-2-4-9(7)12-6-8;/h1-6,10,13H,(H,14,15);1H. The normalized spacial score (nSPS) is 11.8. The summed E-state index contributed by atoms with van der Waals surface area (Å²) in [4.78, 5) is 14.6. The van der Waals surface area contributed by atoms with Crippen molar-refractivity contribution in [3.8, 4) is 0 Å². The first kappa shape index (κ1) is 12.4. The first-order chi connectivity index (χ1) is 7.18. The summed E-state index contributed by atoms with van der Waals surface area (Å²) in [5.41, 5.74) is 1.07. The number of carbonyl (C=O) groups is 1. The molecule has 2 rings (SSSR count). The van der Waals surface area contributed by atoms with Crippen molar-refractivity contribution >= 4 is 29.3 Å². The molecule has 0 saturated heterocycles. The van der Waals surface area contributed by atoms with Gasteiger partial charge in [-0.05, 0) is 12.1 Å². The first-order valence-electron chi connectivity index (χ1n) is 4.44. The SMILES string of the molecule is Cl.O=C(O)C(O)c1cnc2ccccc2c1. The van der Waals surface area contributed by atoms with E-state index in [1.165, 1.54) is 6.20 Å². The highest BCUT2D eigenvalue weighted by Gasteiger charge is 2.16. The van der Waals surface area contributed by atoms with Crippen LogP contribution >= 0.6 is 12.4 Å². The molecular weight excluding hydrogens is 230 g/mol. The molecule has 0 bridgehead atoms. The van der Waals surface area contributed by atoms with E-state index in [0.717, 1.165) is 10.9 Å². The number of aliphatic carboxylic acids is 1. The van der Waals surface area contributed by atoms with Crippen molar-refractivity contribution in [2.75, 3.05) is 0 Å². The molecule has 4 nitrogen and oxygen atoms in total. The van der Waals surface area contributed by atoms with Gasteiger partial charge in [-0.15, -0.1) is 12.4 Å². The van der Waals surface area contributed by atoms with E-state index >= 15 is 0 Å². The zero-order valence-electron chi connectivity index (χ0n) is 8.20. The van der Waals surface area contributed by atoms with Crippen LogP contribution in [0.2, 0.25) is 0 Å². The lowest BCUT2D eigenvalue weighted by atomic mass is 10.1. The lowest BCUT2D eigenvalue weighted by Crippen LogP contribution is -2.10. The Morgan fingerprint density at radius 2 is 2.00 bits per heavy atom. The maximum atomic E-state index is 10.6. The lowest BCUT2D eigenvalue weighted by molar-refractivity contribution is -0.146. The minimum atomic E-state index is -1.51. The second-order valence-corrected chi connectivity index (χ2v) is 3.20. The van der Waals surface area contributed by atoms with Gasteiger partial charge >= 0.3 is 5.97 Å². The quantitative estimate of drug-likeness (QED) is 0.838. The highest BCUT2D eigenvalue weighted by atomic mass is 35.5. The molecule has 0 spiro atoms. The minimum absolute atomic E-state index is 0. The zero-order chi connectivity index (χ0) is 10.8. The van der Waals surface area contributed by atoms with Crippen LogP contribution < -0.4 is 0 Å². The Morgan fingerprint density at radius 1 is 1.31 bits per heavy atom. The van der Waals surface area contributed by atoms with Crippen LogP contribution in [-0.4, -0.2) is 21.2 Å². The van der Waals surface area contributed by atoms with Gasteiger partial charge in [0.1, 0.15) is 0 Å². The Morgan fingerprint density at radius 3 is 2.69 bits per heavy atom. The van der Waals surface area contributed by atoms with Gasteiger partial charge in [-0.25, -0.2) is 4.79 Å². The number of fused-ring (bicyclic) bond motifs is 1. The molecule has 5 heteroatoms. The molecular formula is C11H10ClNO3. The third kappa shape index (κ3) is 2.29. The molecule has 1 aromatic heterocycles. The van der Waals surface area contributed by atoms with Crippen molar-refractivity contribution in [2.24, 2.45) is 0 Å². The zero-order valence-corrected chi connectivity index (χ0v) is 9.02. The van der Waals surface area contributed by atoms with Crippen LogP contribution in [0.5, 0.6) is 0 Å². The van der Waals surface area contributed by atoms with Crippen molar-refractivity contribution < 1.29 is 15.0 Å². The van der Waals surface area contributed by atoms with Crippen LogP contribution in [0.3, 0.4) is 0 Å². The Bertz CT molecular complexity index is 515. The average Bonchev–Trinajstić information content (AvgIpc) is 2.27. The molecule has 1 aromatic carbocycles. The van der Waals surface area contributed by atoms with Crippen LogP contribution in [-0.2, 0) is 4.79 Å². The number of carboxylic acid groups (broad SMARTS) is 1. The number of hydrogen-bond acceptors (Lipinski definition) is 3. The fraction of sp³-hybridized carbons (Fsp3) is 0.0909. The van der Waals surface area contributed by atoms with Crippen LogP contribution in [0.25, 0.3) is 10.9 Å². The Labute approximate surface area is 98.0 Å². The van der Waals surface area contributed by atoms with E-state index in [-0.39, 0.29) is 12.4 Å². The summed E-state index contributed by atoms with van der Waals surface area (Å²) >= 11 is 0. The predicted molar refractivity (Wildman–Crippen MR) is 61.6 cm³/mol. The number of benzene rings is 1. The first-order valence-corrected chi connectivity index (χ1v) is 4.44. The molecule has 0 amide bonds. The smallest absolute Gasteiger partial charge is 0.337 e. The van der Waals surface area contributed by atoms with Crippen LogP contribution in [0.15, 0.2) is 36.5 Å². The van der Waals surface area contributed by atoms with Crippen molar-refractivity contribution in [2.45, 2.75) is 6.10 Å². The molecule has 0 saturated carbocycles. The van der Waals surface area contributed by atoms with Gasteiger partial charge in [-0.1, -0.05) is 18.2 Å². The highest BCUT2D eigenvalue weighted by Crippen LogP contribution is 2.17. The van der Waals surface area contributed by atoms with Crippen molar-refractivity contribution in [1.29, 1.82) is 0 Å². The summed E-state index contributed by atoms with van der Waals surface area (Å²) in [6.07, 6.45) is -0.136. The van der Waals surface area contributed by atoms with Crippen molar-refractivity contribution in [3.05, 3.63) is 42.1 Å². The van der Waals surface area contributed by atoms with Crippen LogP contribution in [0.4, 0.5) is 0 Å². The fourth-order valence-corrected chi connectivity index (χ4v) is 1.38. The lowest BCUT2D eigenvalue weighted by Gasteiger charge is -2.05. The average molecular weight is 240 g/mol. The molecule has 0 fully saturated rings. The number of carboxylic acids is 1. The summed E-state index contributed by atoms with van der Waals surface area (Å²) < 4.78 is 0. The molecule has 1 unspecified atom stereocenters. The molecule has 84 valence electrons. The van der Waals surface area contributed by atoms with Gasteiger partial charge in [0, 0.05) is 17.1 Å². The number of pyridine rings is 1. The Kier molecular flexibility index (Phi) is 3.82. The largest absolute Gasteiger partial charge is 0.479 e. The monoisotopic (exact) mass is 239 g/mol. The van der Waals surface area contributed by atoms with Crippen LogP contribution in [0.1, 0.15) is 11.7 Å². The number of para-hydroxylation sites is 1. The molecule has 0 aliphatic carbocycles. The molecule has 2 aromatic rings. The second-order valence-electron chi connectivity index (χ2n) is 3.20. The van der Waals surface area contributed by atoms with E-state index in [9.17, 15) is 9.90 Å². The van der Waals surface area contributed by atoms with Gasteiger partial charge in [0.05, 0.1) is 5.52 Å². The number of hydrogen-bond donors (Lipinski definition) is 2. The number of aromatic nitrogens is 1. The highest BCUT2D eigenvalue weighted by molar-refractivity contribution is 5.85. The summed E-state index contributed by atoms with van der Waals surface area (Å²) in [6, 6.07) is 8.96. The molecule has 0 aliphatic heterocycles. The van der Waals surface area contributed by atoms with Crippen molar-refractivity contribution in [1.82, 2.24) is 4.98 Å². The van der Waals surface area contributed by atoms with Gasteiger partial charge in [-0.2, -0.15) is 0 Å². The number of aliphatic hydroxyl groups is 1. The Hall–Kier alpha value is -1.65. The topological polar surface area (TPSA) is 70.4 Å². The van der Waals surface area contributed by atoms with E-state index in [1.807, 2.05) is 24.3 Å². The fourth-order valence-electron chi connectivity index (χ4n) is 1.38. The van der Waals surface area contributed by atoms with Gasteiger partial charge in [-0.3, -0.25) is 4.98 Å². The number of halogens is 1. The van der Waals surface area contributed by atoms with E-state index in [1.54, 1.807) is 6.07 Å². The summed E-state index contributed by atoms with van der Waals surface area (Å²) in [5.74, 6) is -1.27. The third-order valence-corrected chi connectivity index (χ3v) is 2.16. The Balaban J connectivity index is 0.00000128. The van der Waals surface area contributed by atoms with Gasteiger partial charge in [0.2, 0.25) is 0 Å². The summed E-state index contributed by atoms with van der Waals surface area (Å²) in [7, 11) is 0. The molecule has 0 radical (unpaired) electrons. The van der Waals surface area contributed by atoms with Gasteiger partial charge in [0.25, 0.3) is 0 Å². The van der Waals surface area contributed by atoms with Gasteiger partial charge < -0.3 is 10.2 Å². The molecule has 2 N–H and O–H groups in total. The third-order valence-electron chi connectivity index (χ3n) is 2.16. The number of rotatable bonds is 2. The molecule has 16 heavy (non-hydrogen) atoms. The van der Waals surface area contributed by atoms with E-state index in [4.69, 9.17) is 5.11 Å². The second kappa shape index (κ2) is 4.92. The maximum Gasteiger partial charge on any atom is 0.337 e. The number of aliphatic hydroxyl groups excluding tert-OH is 1. The van der Waals surface area contributed by atoms with E-state index < -0.39 is 12.1 Å². The minimum Gasteiger partial charge on any atom is -0.479 e. The maximum absolute atomic E-state index is 10.6. The molecule has 1 atom stereocenters. The van der Waals surface area contributed by atoms with E-state index in [2.05, 4.69) is 4.98 Å². The molecule has 1 heterocycles.